The van der Waals surface area contributed by atoms with E-state index in [1.54, 1.807) is 60.5 Å². The number of carbonyl (C=O) groups is 6. The van der Waals surface area contributed by atoms with Gasteiger partial charge in [-0.25, -0.2) is 0 Å². The van der Waals surface area contributed by atoms with E-state index in [0.29, 0.717) is 55.6 Å². The van der Waals surface area contributed by atoms with Crippen LogP contribution in [-0.2, 0) is 32.0 Å². The molecule has 0 aliphatic carbocycles. The van der Waals surface area contributed by atoms with Crippen LogP contribution in [0.4, 0.5) is 11.4 Å². The lowest BCUT2D eigenvalue weighted by Crippen LogP contribution is -2.27. The van der Waals surface area contributed by atoms with Crippen LogP contribution in [0, 0.1) is 0 Å². The quantitative estimate of drug-likeness (QED) is 0.337. The van der Waals surface area contributed by atoms with Gasteiger partial charge in [-0.2, -0.15) is 0 Å². The number of benzene rings is 3. The second-order valence-electron chi connectivity index (χ2n) is 8.62. The Hall–Kier alpha value is -5.12. The Kier molecular flexibility index (Phi) is 12.4. The van der Waals surface area contributed by atoms with Crippen LogP contribution in [0.1, 0.15) is 38.8 Å². The molecule has 0 aromatic heterocycles. The molecule has 0 bridgehead atoms. The first-order chi connectivity index (χ1) is 19.3. The normalized spacial score (nSPS) is 9.85. The zero-order valence-corrected chi connectivity index (χ0v) is 22.5. The van der Waals surface area contributed by atoms with E-state index in [2.05, 4.69) is 10.6 Å². The van der Waals surface area contributed by atoms with Crippen molar-refractivity contribution < 1.29 is 28.8 Å². The Labute approximate surface area is 233 Å². The molecule has 3 rings (SSSR count). The second kappa shape index (κ2) is 16.0. The smallest absolute Gasteiger partial charge is 0.251 e. The van der Waals surface area contributed by atoms with Crippen LogP contribution in [0.3, 0.4) is 0 Å². The zero-order chi connectivity index (χ0) is 29.5. The van der Waals surface area contributed by atoms with E-state index < -0.39 is 0 Å². The summed E-state index contributed by atoms with van der Waals surface area (Å²) in [5.41, 5.74) is 4.17. The molecular formula is C30H32N4O6. The molecule has 0 atom stereocenters. The lowest BCUT2D eigenvalue weighted by Gasteiger charge is -2.15. The number of hydrogen-bond donors (Lipinski definition) is 2. The van der Waals surface area contributed by atoms with Gasteiger partial charge >= 0.3 is 0 Å². The number of nitrogens with zero attached hydrogens (tertiary/aromatic N) is 2. The molecule has 10 nitrogen and oxygen atoms in total. The van der Waals surface area contributed by atoms with Crippen LogP contribution in [0.25, 0.3) is 0 Å². The van der Waals surface area contributed by atoms with Gasteiger partial charge in [-0.15, -0.1) is 0 Å². The molecule has 0 saturated carbocycles. The minimum atomic E-state index is -0.250. The van der Waals surface area contributed by atoms with Gasteiger partial charge in [0.15, 0.2) is 0 Å². The molecular weight excluding hydrogens is 512 g/mol. The van der Waals surface area contributed by atoms with Gasteiger partial charge in [0.25, 0.3) is 11.8 Å². The van der Waals surface area contributed by atoms with Crippen molar-refractivity contribution in [3.05, 3.63) is 95.1 Å². The highest BCUT2D eigenvalue weighted by atomic mass is 16.2. The zero-order valence-electron chi connectivity index (χ0n) is 22.5. The SMILES string of the molecule is C=O.CC(=O)N(C)c1ccc(CCNC(=O)c2ccc(C(=O)NCCc3ccc(N(C=O)C=O)cc3)cc2)cc1. The van der Waals surface area contributed by atoms with Gasteiger partial charge < -0.3 is 20.3 Å². The van der Waals surface area contributed by atoms with Crippen molar-refractivity contribution in [1.29, 1.82) is 0 Å². The van der Waals surface area contributed by atoms with Gasteiger partial charge in [0.05, 0.1) is 5.69 Å². The van der Waals surface area contributed by atoms with Crippen LogP contribution in [0.5, 0.6) is 0 Å². The van der Waals surface area contributed by atoms with E-state index in [4.69, 9.17) is 4.79 Å². The standard InChI is InChI=1S/C29H30N4O5.CH2O/c1-21(36)32(2)26-11-3-22(4-12-26)15-17-30-28(37)24-7-9-25(10-8-24)29(38)31-18-16-23-5-13-27(14-6-23)33(19-34)20-35;1-2/h3-14,19-20H,15-18H2,1-2H3,(H,30,37)(H,31,38);1H2. The molecule has 3 aromatic carbocycles. The van der Waals surface area contributed by atoms with Gasteiger partial charge in [-0.3, -0.25) is 28.9 Å². The number of carbonyl (C=O) groups excluding carboxylic acids is 6. The fourth-order valence-corrected chi connectivity index (χ4v) is 3.67. The predicted octanol–water partition coefficient (Wildman–Crippen LogP) is 2.55. The third-order valence-corrected chi connectivity index (χ3v) is 6.07. The first-order valence-corrected chi connectivity index (χ1v) is 12.4. The van der Waals surface area contributed by atoms with Crippen LogP contribution in [0.15, 0.2) is 72.8 Å². The maximum atomic E-state index is 12.5. The second-order valence-corrected chi connectivity index (χ2v) is 8.62. The summed E-state index contributed by atoms with van der Waals surface area (Å²) in [6.07, 6.45) is 2.10. The van der Waals surface area contributed by atoms with Gasteiger partial charge in [0, 0.05) is 43.9 Å². The lowest BCUT2D eigenvalue weighted by atomic mass is 10.1. The van der Waals surface area contributed by atoms with Crippen LogP contribution < -0.4 is 20.4 Å². The first-order valence-electron chi connectivity index (χ1n) is 12.4. The number of rotatable bonds is 12. The van der Waals surface area contributed by atoms with Gasteiger partial charge in [-0.05, 0) is 72.5 Å². The maximum Gasteiger partial charge on any atom is 0.251 e. The molecule has 208 valence electrons. The summed E-state index contributed by atoms with van der Waals surface area (Å²) in [4.78, 5) is 68.5. The van der Waals surface area contributed by atoms with Crippen LogP contribution in [-0.4, -0.2) is 57.5 Å². The average molecular weight is 545 g/mol. The number of imide groups is 1. The summed E-state index contributed by atoms with van der Waals surface area (Å²) >= 11 is 0. The van der Waals surface area contributed by atoms with Crippen molar-refractivity contribution in [3.8, 4) is 0 Å². The van der Waals surface area contributed by atoms with Crippen molar-refractivity contribution in [2.75, 3.05) is 29.9 Å². The fraction of sp³-hybridized carbons (Fsp3) is 0.200. The minimum absolute atomic E-state index is 0.0407. The number of amides is 5. The van der Waals surface area contributed by atoms with Gasteiger partial charge in [0.1, 0.15) is 6.79 Å². The molecule has 5 amide bonds. The van der Waals surface area contributed by atoms with Crippen LogP contribution in [0.2, 0.25) is 0 Å². The molecule has 0 aliphatic heterocycles. The summed E-state index contributed by atoms with van der Waals surface area (Å²) in [5.74, 6) is -0.516. The molecule has 0 aliphatic rings. The molecule has 40 heavy (non-hydrogen) atoms. The maximum absolute atomic E-state index is 12.5. The average Bonchev–Trinajstić information content (AvgIpc) is 2.99. The summed E-state index contributed by atoms with van der Waals surface area (Å²) in [6.45, 7) is 4.36. The molecule has 0 unspecified atom stereocenters. The number of hydrogen-bond acceptors (Lipinski definition) is 6. The molecule has 2 N–H and O–H groups in total. The van der Waals surface area contributed by atoms with Crippen molar-refractivity contribution in [2.45, 2.75) is 19.8 Å². The number of anilines is 2. The lowest BCUT2D eigenvalue weighted by molar-refractivity contribution is -0.116. The topological polar surface area (TPSA) is 133 Å². The molecule has 0 spiro atoms. The first kappa shape index (κ1) is 31.1. The Morgan fingerprint density at radius 2 is 1.05 bits per heavy atom. The molecule has 0 saturated heterocycles. The van der Waals surface area contributed by atoms with Crippen molar-refractivity contribution in [3.63, 3.8) is 0 Å². The Balaban J connectivity index is 0.00000274. The van der Waals surface area contributed by atoms with Crippen molar-refractivity contribution >= 4 is 48.7 Å². The number of nitrogens with one attached hydrogen (secondary N) is 2. The highest BCUT2D eigenvalue weighted by molar-refractivity contribution is 5.98. The van der Waals surface area contributed by atoms with Crippen molar-refractivity contribution in [2.24, 2.45) is 0 Å². The Bertz CT molecular complexity index is 1280. The predicted molar refractivity (Wildman–Crippen MR) is 152 cm³/mol. The largest absolute Gasteiger partial charge is 0.352 e. The third-order valence-electron chi connectivity index (χ3n) is 6.07. The Morgan fingerprint density at radius 1 is 0.675 bits per heavy atom. The molecule has 0 fully saturated rings. The summed E-state index contributed by atoms with van der Waals surface area (Å²) in [7, 11) is 1.72. The third kappa shape index (κ3) is 9.02. The Morgan fingerprint density at radius 3 is 1.40 bits per heavy atom. The summed E-state index contributed by atoms with van der Waals surface area (Å²) in [5, 5.41) is 5.72. The van der Waals surface area contributed by atoms with Gasteiger partial charge in [0.2, 0.25) is 18.7 Å². The summed E-state index contributed by atoms with van der Waals surface area (Å²) in [6, 6.07) is 20.9. The van der Waals surface area contributed by atoms with E-state index >= 15 is 0 Å². The van der Waals surface area contributed by atoms with Crippen molar-refractivity contribution in [1.82, 2.24) is 10.6 Å². The molecule has 0 radical (unpaired) electrons. The van der Waals surface area contributed by atoms with Gasteiger partial charge in [-0.1, -0.05) is 24.3 Å². The molecule has 0 heterocycles. The van der Waals surface area contributed by atoms with E-state index in [1.165, 1.54) is 6.92 Å². The highest BCUT2D eigenvalue weighted by Crippen LogP contribution is 2.15. The van der Waals surface area contributed by atoms with E-state index in [0.717, 1.165) is 21.7 Å². The minimum Gasteiger partial charge on any atom is -0.352 e. The molecule has 10 heteroatoms. The fourth-order valence-electron chi connectivity index (χ4n) is 3.67. The summed E-state index contributed by atoms with van der Waals surface area (Å²) < 4.78 is 0. The van der Waals surface area contributed by atoms with E-state index in [-0.39, 0.29) is 17.7 Å². The van der Waals surface area contributed by atoms with E-state index in [1.807, 2.05) is 31.1 Å². The monoisotopic (exact) mass is 544 g/mol. The molecule has 3 aromatic rings. The highest BCUT2D eigenvalue weighted by Gasteiger charge is 2.10. The van der Waals surface area contributed by atoms with E-state index in [9.17, 15) is 24.0 Å². The van der Waals surface area contributed by atoms with Crippen LogP contribution >= 0.6 is 0 Å².